The van der Waals surface area contributed by atoms with Crippen LogP contribution in [0.2, 0.25) is 0 Å². The fourth-order valence-electron chi connectivity index (χ4n) is 0.777. The lowest BCUT2D eigenvalue weighted by Gasteiger charge is -2.11. The summed E-state index contributed by atoms with van der Waals surface area (Å²) in [4.78, 5) is 0. The van der Waals surface area contributed by atoms with Gasteiger partial charge < -0.3 is 0 Å². The zero-order valence-corrected chi connectivity index (χ0v) is 6.15. The predicted octanol–water partition coefficient (Wildman–Crippen LogP) is 2.97. The van der Waals surface area contributed by atoms with Crippen molar-refractivity contribution in [1.29, 1.82) is 0 Å². The van der Waals surface area contributed by atoms with Gasteiger partial charge >= 0.3 is 6.18 Å². The molecule has 0 atom stereocenters. The van der Waals surface area contributed by atoms with Crippen molar-refractivity contribution in [3.05, 3.63) is 48.7 Å². The standard InChI is InChI=1S/C9H6F3/c1-2-7-3-5-8(6-4-7)9(10,11)12/h3-6H,1H2/q-1. The van der Waals surface area contributed by atoms with Crippen molar-refractivity contribution in [1.82, 2.24) is 0 Å². The number of alkyl halides is 3. The van der Waals surface area contributed by atoms with Crippen molar-refractivity contribution in [2.75, 3.05) is 0 Å². The van der Waals surface area contributed by atoms with Gasteiger partial charge in [-0.2, -0.15) is 30.9 Å². The van der Waals surface area contributed by atoms with E-state index in [0.29, 0.717) is 5.56 Å². The summed E-state index contributed by atoms with van der Waals surface area (Å²) in [5, 5.41) is 0. The molecule has 0 N–H and O–H groups in total. The average molecular weight is 171 g/mol. The molecule has 0 aliphatic heterocycles. The average Bonchev–Trinajstić information content (AvgIpc) is 2.03. The molecule has 0 aromatic heterocycles. The van der Waals surface area contributed by atoms with E-state index in [2.05, 4.69) is 13.3 Å². The fraction of sp³-hybridized carbons (Fsp3) is 0.111. The Morgan fingerprint density at radius 3 is 1.92 bits per heavy atom. The molecule has 1 aromatic carbocycles. The van der Waals surface area contributed by atoms with E-state index < -0.39 is 11.7 Å². The first kappa shape index (κ1) is 8.97. The van der Waals surface area contributed by atoms with Crippen molar-refractivity contribution < 1.29 is 13.2 Å². The van der Waals surface area contributed by atoms with Gasteiger partial charge in [0, 0.05) is 5.56 Å². The maximum Gasteiger partial charge on any atom is 0.414 e. The molecule has 0 bridgehead atoms. The molecule has 2 radical (unpaired) electrons. The molecule has 0 spiro atoms. The Labute approximate surface area is 69.0 Å². The number of hydrogen-bond acceptors (Lipinski definition) is 0. The molecule has 0 saturated carbocycles. The molecule has 3 heteroatoms. The summed E-state index contributed by atoms with van der Waals surface area (Å²) in [6, 6.07) is 4.67. The summed E-state index contributed by atoms with van der Waals surface area (Å²) in [5.41, 5.74) is -0.0931. The van der Waals surface area contributed by atoms with E-state index in [1.807, 2.05) is 0 Å². The highest BCUT2D eigenvalue weighted by molar-refractivity contribution is 5.29. The van der Waals surface area contributed by atoms with Gasteiger partial charge in [-0.3, -0.25) is 0 Å². The maximum absolute atomic E-state index is 12.0. The molecule has 0 saturated heterocycles. The van der Waals surface area contributed by atoms with Crippen LogP contribution in [-0.2, 0) is 6.18 Å². The summed E-state index contributed by atoms with van der Waals surface area (Å²) < 4.78 is 36.0. The minimum atomic E-state index is -4.26. The monoisotopic (exact) mass is 171 g/mol. The second kappa shape index (κ2) is 3.09. The number of rotatable bonds is 1. The lowest BCUT2D eigenvalue weighted by atomic mass is 10.1. The van der Waals surface area contributed by atoms with Crippen LogP contribution in [0.5, 0.6) is 0 Å². The second-order valence-corrected chi connectivity index (χ2v) is 2.25. The zero-order valence-electron chi connectivity index (χ0n) is 6.15. The Bertz CT molecular complexity index is 245. The number of halogens is 3. The van der Waals surface area contributed by atoms with Crippen LogP contribution in [0.15, 0.2) is 24.3 Å². The van der Waals surface area contributed by atoms with Crippen LogP contribution in [0.4, 0.5) is 13.2 Å². The Hall–Kier alpha value is -1.12. The molecular weight excluding hydrogens is 165 g/mol. The van der Waals surface area contributed by atoms with Gasteiger partial charge in [0.1, 0.15) is 0 Å². The number of hydrogen-bond donors (Lipinski definition) is 0. The molecule has 1 rings (SSSR count). The molecular formula is C9H6F3-. The third-order valence-corrected chi connectivity index (χ3v) is 1.42. The van der Waals surface area contributed by atoms with E-state index in [9.17, 15) is 13.2 Å². The van der Waals surface area contributed by atoms with Crippen LogP contribution >= 0.6 is 0 Å². The summed E-state index contributed by atoms with van der Waals surface area (Å²) in [6.45, 7) is 3.32. The van der Waals surface area contributed by atoms with Crippen molar-refractivity contribution >= 4 is 0 Å². The molecule has 12 heavy (non-hydrogen) atoms. The van der Waals surface area contributed by atoms with Gasteiger partial charge in [-0.1, -0.05) is 6.92 Å². The van der Waals surface area contributed by atoms with E-state index in [1.165, 1.54) is 12.1 Å². The lowest BCUT2D eigenvalue weighted by molar-refractivity contribution is -0.137. The van der Waals surface area contributed by atoms with Crippen LogP contribution in [0.1, 0.15) is 11.1 Å². The minimum Gasteiger partial charge on any atom is -0.202 e. The molecule has 1 aromatic rings. The van der Waals surface area contributed by atoms with Crippen LogP contribution in [0, 0.1) is 13.3 Å². The van der Waals surface area contributed by atoms with Crippen LogP contribution in [0.3, 0.4) is 0 Å². The third-order valence-electron chi connectivity index (χ3n) is 1.42. The molecule has 0 amide bonds. The van der Waals surface area contributed by atoms with Crippen LogP contribution in [0.25, 0.3) is 0 Å². The van der Waals surface area contributed by atoms with Gasteiger partial charge in [0.25, 0.3) is 0 Å². The molecule has 0 aliphatic carbocycles. The Morgan fingerprint density at radius 2 is 1.58 bits per heavy atom. The second-order valence-electron chi connectivity index (χ2n) is 2.25. The Balaban J connectivity index is 2.93. The SMILES string of the molecule is [CH2][C-]c1ccc(C(F)(F)F)cc1. The molecule has 0 aliphatic rings. The van der Waals surface area contributed by atoms with Crippen molar-refractivity contribution in [2.45, 2.75) is 6.18 Å². The van der Waals surface area contributed by atoms with Crippen molar-refractivity contribution in [2.24, 2.45) is 0 Å². The lowest BCUT2D eigenvalue weighted by Crippen LogP contribution is -2.04. The summed E-state index contributed by atoms with van der Waals surface area (Å²) in [6.07, 6.45) is -1.78. The predicted molar refractivity (Wildman–Crippen MR) is 39.1 cm³/mol. The van der Waals surface area contributed by atoms with Gasteiger partial charge in [-0.05, 0) is 0 Å². The van der Waals surface area contributed by atoms with Gasteiger partial charge in [0.05, 0.1) is 0 Å². The smallest absolute Gasteiger partial charge is 0.202 e. The Morgan fingerprint density at radius 1 is 1.08 bits per heavy atom. The largest absolute Gasteiger partial charge is 0.414 e. The van der Waals surface area contributed by atoms with Crippen molar-refractivity contribution in [3.8, 4) is 0 Å². The maximum atomic E-state index is 12.0. The summed E-state index contributed by atoms with van der Waals surface area (Å²) in [5.74, 6) is 0. The van der Waals surface area contributed by atoms with E-state index in [1.54, 1.807) is 0 Å². The van der Waals surface area contributed by atoms with E-state index in [-0.39, 0.29) is 0 Å². The van der Waals surface area contributed by atoms with E-state index >= 15 is 0 Å². The zero-order chi connectivity index (χ0) is 9.19. The topological polar surface area (TPSA) is 0 Å². The Kier molecular flexibility index (Phi) is 2.31. The van der Waals surface area contributed by atoms with Gasteiger partial charge in [0.2, 0.25) is 0 Å². The molecule has 0 unspecified atom stereocenters. The fourth-order valence-corrected chi connectivity index (χ4v) is 0.777. The quantitative estimate of drug-likeness (QED) is 0.570. The normalized spacial score (nSPS) is 11.3. The van der Waals surface area contributed by atoms with Gasteiger partial charge in [-0.25, -0.2) is 6.42 Å². The van der Waals surface area contributed by atoms with E-state index in [4.69, 9.17) is 0 Å². The first-order chi connectivity index (χ1) is 5.54. The van der Waals surface area contributed by atoms with Crippen molar-refractivity contribution in [3.63, 3.8) is 0 Å². The number of benzene rings is 1. The van der Waals surface area contributed by atoms with Gasteiger partial charge in [-0.15, -0.1) is 12.1 Å². The highest BCUT2D eigenvalue weighted by Gasteiger charge is 2.28. The minimum absolute atomic E-state index is 0.558. The van der Waals surface area contributed by atoms with Crippen LogP contribution < -0.4 is 0 Å². The summed E-state index contributed by atoms with van der Waals surface area (Å²) in [7, 11) is 0. The first-order valence-electron chi connectivity index (χ1n) is 3.24. The summed E-state index contributed by atoms with van der Waals surface area (Å²) >= 11 is 0. The molecule has 0 heterocycles. The third kappa shape index (κ3) is 1.94. The molecule has 64 valence electrons. The van der Waals surface area contributed by atoms with Crippen LogP contribution in [-0.4, -0.2) is 0 Å². The highest BCUT2D eigenvalue weighted by atomic mass is 19.4. The first-order valence-corrected chi connectivity index (χ1v) is 3.24. The van der Waals surface area contributed by atoms with E-state index in [0.717, 1.165) is 12.1 Å². The molecule has 0 fully saturated rings. The highest BCUT2D eigenvalue weighted by Crippen LogP contribution is 2.29. The van der Waals surface area contributed by atoms with Gasteiger partial charge in [0.15, 0.2) is 0 Å². The molecule has 0 nitrogen and oxygen atoms in total.